The molecule has 0 spiro atoms. The molecule has 1 nitrogen and oxygen atoms in total. The van der Waals surface area contributed by atoms with E-state index < -0.39 is 0 Å². The third kappa shape index (κ3) is 2.54. The molecule has 0 aliphatic heterocycles. The Hall–Kier alpha value is -0.560. The summed E-state index contributed by atoms with van der Waals surface area (Å²) in [6, 6.07) is 0. The molecule has 0 aromatic heterocycles. The zero-order chi connectivity index (χ0) is 16.0. The van der Waals surface area contributed by atoms with Crippen LogP contribution in [0.4, 0.5) is 0 Å². The molecule has 5 atom stereocenters. The van der Waals surface area contributed by atoms with Gasteiger partial charge in [-0.15, -0.1) is 0 Å². The number of fused-ring (bicyclic) bond motifs is 4. The van der Waals surface area contributed by atoms with Crippen LogP contribution in [0, 0.1) is 23.2 Å². The van der Waals surface area contributed by atoms with E-state index in [1.165, 1.54) is 57.8 Å². The van der Waals surface area contributed by atoms with Gasteiger partial charge in [-0.3, -0.25) is 0 Å². The number of unbranched alkanes of at least 4 members (excludes halogenated alkanes) is 1. The van der Waals surface area contributed by atoms with E-state index >= 15 is 0 Å². The standard InChI is InChI=1S/C22H34O/c1-3-4-5-16-7-11-21-20-9-6-15-14-17(23)8-10-18(15)19(20)12-13-22(16,21)2/h5,17,19-21,23H,3-4,6-14H2,1-2H3/b16-5-. The van der Waals surface area contributed by atoms with Crippen LogP contribution in [0.15, 0.2) is 22.8 Å². The first-order chi connectivity index (χ1) is 11.1. The van der Waals surface area contributed by atoms with E-state index in [0.29, 0.717) is 5.41 Å². The number of aliphatic hydroxyl groups is 1. The lowest BCUT2D eigenvalue weighted by Crippen LogP contribution is -2.42. The zero-order valence-corrected chi connectivity index (χ0v) is 15.1. The Kier molecular flexibility index (Phi) is 4.20. The van der Waals surface area contributed by atoms with Gasteiger partial charge >= 0.3 is 0 Å². The van der Waals surface area contributed by atoms with E-state index in [-0.39, 0.29) is 6.10 Å². The molecule has 0 aromatic rings. The Morgan fingerprint density at radius 3 is 2.83 bits per heavy atom. The molecule has 4 aliphatic carbocycles. The second kappa shape index (κ2) is 6.06. The predicted octanol–water partition coefficient (Wildman–Crippen LogP) is 5.79. The molecule has 0 radical (unpaired) electrons. The van der Waals surface area contributed by atoms with Gasteiger partial charge in [0.15, 0.2) is 0 Å². The fourth-order valence-corrected chi connectivity index (χ4v) is 6.69. The molecule has 1 heteroatoms. The van der Waals surface area contributed by atoms with Crippen LogP contribution < -0.4 is 0 Å². The van der Waals surface area contributed by atoms with Crippen LogP contribution in [0.3, 0.4) is 0 Å². The Morgan fingerprint density at radius 2 is 2.00 bits per heavy atom. The Bertz CT molecular complexity index is 528. The summed E-state index contributed by atoms with van der Waals surface area (Å²) >= 11 is 0. The SMILES string of the molecule is CCC/C=C1/CCC2C3CCC4=C(CCC(O)C4)C3CCC12C. The average molecular weight is 315 g/mol. The van der Waals surface area contributed by atoms with Crippen LogP contribution in [0.25, 0.3) is 0 Å². The average Bonchev–Trinajstić information content (AvgIpc) is 2.89. The fraction of sp³-hybridized carbons (Fsp3) is 0.818. The van der Waals surface area contributed by atoms with Crippen molar-refractivity contribution >= 4 is 0 Å². The normalized spacial score (nSPS) is 44.9. The minimum atomic E-state index is -0.0470. The van der Waals surface area contributed by atoms with Gasteiger partial charge in [0.25, 0.3) is 0 Å². The van der Waals surface area contributed by atoms with Crippen LogP contribution in [0.5, 0.6) is 0 Å². The summed E-state index contributed by atoms with van der Waals surface area (Å²) in [5, 5.41) is 10.0. The van der Waals surface area contributed by atoms with Gasteiger partial charge in [-0.2, -0.15) is 0 Å². The fourth-order valence-electron chi connectivity index (χ4n) is 6.69. The van der Waals surface area contributed by atoms with E-state index in [4.69, 9.17) is 0 Å². The molecule has 0 bridgehead atoms. The molecule has 4 aliphatic rings. The Morgan fingerprint density at radius 1 is 1.13 bits per heavy atom. The Balaban J connectivity index is 1.59. The summed E-state index contributed by atoms with van der Waals surface area (Å²) in [7, 11) is 0. The van der Waals surface area contributed by atoms with Gasteiger partial charge in [-0.1, -0.05) is 43.1 Å². The summed E-state index contributed by atoms with van der Waals surface area (Å²) in [5.74, 6) is 2.75. The molecule has 5 unspecified atom stereocenters. The van der Waals surface area contributed by atoms with Gasteiger partial charge in [0.1, 0.15) is 0 Å². The van der Waals surface area contributed by atoms with Gasteiger partial charge in [0.2, 0.25) is 0 Å². The monoisotopic (exact) mass is 314 g/mol. The summed E-state index contributed by atoms with van der Waals surface area (Å²) in [6.07, 6.45) is 16.6. The second-order valence-electron chi connectivity index (χ2n) is 8.95. The maximum absolute atomic E-state index is 10.0. The quantitative estimate of drug-likeness (QED) is 0.639. The van der Waals surface area contributed by atoms with E-state index in [2.05, 4.69) is 19.9 Å². The van der Waals surface area contributed by atoms with Crippen LogP contribution in [-0.4, -0.2) is 11.2 Å². The van der Waals surface area contributed by atoms with Gasteiger partial charge in [-0.25, -0.2) is 0 Å². The molecule has 0 saturated heterocycles. The summed E-state index contributed by atoms with van der Waals surface area (Å²) in [6.45, 7) is 4.90. The van der Waals surface area contributed by atoms with Gasteiger partial charge in [0.05, 0.1) is 6.10 Å². The number of hydrogen-bond acceptors (Lipinski definition) is 1. The minimum Gasteiger partial charge on any atom is -0.393 e. The van der Waals surface area contributed by atoms with Crippen molar-refractivity contribution in [1.82, 2.24) is 0 Å². The first kappa shape index (κ1) is 15.9. The van der Waals surface area contributed by atoms with Gasteiger partial charge < -0.3 is 5.11 Å². The van der Waals surface area contributed by atoms with Crippen LogP contribution in [0.2, 0.25) is 0 Å². The summed E-state index contributed by atoms with van der Waals surface area (Å²) in [4.78, 5) is 0. The lowest BCUT2D eigenvalue weighted by Gasteiger charge is -2.51. The van der Waals surface area contributed by atoms with Crippen molar-refractivity contribution in [2.24, 2.45) is 23.2 Å². The third-order valence-corrected chi connectivity index (χ3v) is 7.87. The molecule has 1 N–H and O–H groups in total. The molecule has 2 saturated carbocycles. The topological polar surface area (TPSA) is 20.2 Å². The van der Waals surface area contributed by atoms with E-state index in [0.717, 1.165) is 30.6 Å². The molecule has 23 heavy (non-hydrogen) atoms. The van der Waals surface area contributed by atoms with Crippen molar-refractivity contribution in [3.05, 3.63) is 22.8 Å². The van der Waals surface area contributed by atoms with Crippen LogP contribution >= 0.6 is 0 Å². The lowest BCUT2D eigenvalue weighted by molar-refractivity contribution is 0.0543. The highest BCUT2D eigenvalue weighted by atomic mass is 16.3. The van der Waals surface area contributed by atoms with E-state index in [1.807, 2.05) is 5.57 Å². The first-order valence-corrected chi connectivity index (χ1v) is 10.2. The maximum Gasteiger partial charge on any atom is 0.0580 e. The number of hydrogen-bond donors (Lipinski definition) is 1. The molecule has 4 rings (SSSR count). The highest BCUT2D eigenvalue weighted by molar-refractivity contribution is 5.30. The molecular formula is C22H34O. The zero-order valence-electron chi connectivity index (χ0n) is 15.1. The highest BCUT2D eigenvalue weighted by Crippen LogP contribution is 2.63. The largest absolute Gasteiger partial charge is 0.393 e. The molecular weight excluding hydrogens is 280 g/mol. The molecule has 0 amide bonds. The maximum atomic E-state index is 10.0. The van der Waals surface area contributed by atoms with Crippen molar-refractivity contribution in [2.45, 2.75) is 90.6 Å². The van der Waals surface area contributed by atoms with Crippen LogP contribution in [-0.2, 0) is 0 Å². The summed E-state index contributed by atoms with van der Waals surface area (Å²) < 4.78 is 0. The molecule has 128 valence electrons. The first-order valence-electron chi connectivity index (χ1n) is 10.2. The van der Waals surface area contributed by atoms with Crippen molar-refractivity contribution < 1.29 is 5.11 Å². The molecule has 0 heterocycles. The van der Waals surface area contributed by atoms with Gasteiger partial charge in [0, 0.05) is 0 Å². The van der Waals surface area contributed by atoms with Gasteiger partial charge in [-0.05, 0) is 87.4 Å². The highest BCUT2D eigenvalue weighted by Gasteiger charge is 2.52. The second-order valence-corrected chi connectivity index (χ2v) is 8.95. The Labute approximate surface area is 142 Å². The van der Waals surface area contributed by atoms with E-state index in [1.54, 1.807) is 11.1 Å². The minimum absolute atomic E-state index is 0.0470. The summed E-state index contributed by atoms with van der Waals surface area (Å²) in [5.41, 5.74) is 5.79. The number of aliphatic hydroxyl groups excluding tert-OH is 1. The molecule has 0 aromatic carbocycles. The van der Waals surface area contributed by atoms with E-state index in [9.17, 15) is 5.11 Å². The predicted molar refractivity (Wildman–Crippen MR) is 96.2 cm³/mol. The van der Waals surface area contributed by atoms with Crippen molar-refractivity contribution in [3.63, 3.8) is 0 Å². The van der Waals surface area contributed by atoms with Crippen LogP contribution in [0.1, 0.15) is 84.5 Å². The lowest BCUT2D eigenvalue weighted by atomic mass is 9.54. The molecule has 2 fully saturated rings. The van der Waals surface area contributed by atoms with Crippen molar-refractivity contribution in [3.8, 4) is 0 Å². The smallest absolute Gasteiger partial charge is 0.0580 e. The number of rotatable bonds is 2. The van der Waals surface area contributed by atoms with Crippen molar-refractivity contribution in [1.29, 1.82) is 0 Å². The number of allylic oxidation sites excluding steroid dienone is 3. The third-order valence-electron chi connectivity index (χ3n) is 7.87. The van der Waals surface area contributed by atoms with Crippen molar-refractivity contribution in [2.75, 3.05) is 0 Å².